The molecule has 1 aromatic rings. The molecule has 0 heterocycles. The quantitative estimate of drug-likeness (QED) is 0.750. The number of carbonyl (C=O) groups excluding carboxylic acids is 1. The van der Waals surface area contributed by atoms with Gasteiger partial charge in [-0.15, -0.1) is 11.6 Å². The number of aromatic hydroxyl groups is 1. The molecule has 0 aromatic heterocycles. The van der Waals surface area contributed by atoms with Crippen molar-refractivity contribution in [3.63, 3.8) is 0 Å². The Balaban J connectivity index is 2.50. The zero-order chi connectivity index (χ0) is 14.3. The number of carbonyl (C=O) groups is 1. The number of methoxy groups -OCH3 is 2. The molecule has 19 heavy (non-hydrogen) atoms. The molecule has 0 radical (unpaired) electrons. The van der Waals surface area contributed by atoms with Crippen LogP contribution in [0, 0.1) is 0 Å². The van der Waals surface area contributed by atoms with E-state index in [1.807, 2.05) is 0 Å². The predicted octanol–water partition coefficient (Wildman–Crippen LogP) is 1.77. The second kappa shape index (κ2) is 7.86. The van der Waals surface area contributed by atoms with E-state index in [0.717, 1.165) is 0 Å². The van der Waals surface area contributed by atoms with Crippen LogP contribution in [-0.4, -0.2) is 43.8 Å². The van der Waals surface area contributed by atoms with Gasteiger partial charge >= 0.3 is 0 Å². The van der Waals surface area contributed by atoms with E-state index < -0.39 is 0 Å². The summed E-state index contributed by atoms with van der Waals surface area (Å²) in [5.41, 5.74) is 0.207. The number of phenolic OH excluding ortho intramolecular Hbond substituents is 1. The maximum atomic E-state index is 11.8. The Morgan fingerprint density at radius 3 is 2.79 bits per heavy atom. The van der Waals surface area contributed by atoms with Crippen LogP contribution in [0.15, 0.2) is 18.2 Å². The summed E-state index contributed by atoms with van der Waals surface area (Å²) in [7, 11) is 3.06. The van der Waals surface area contributed by atoms with Crippen LogP contribution in [0.3, 0.4) is 0 Å². The molecular formula is C13H18ClNO4. The molecule has 0 fully saturated rings. The lowest BCUT2D eigenvalue weighted by molar-refractivity contribution is 0.0949. The molecule has 0 saturated heterocycles. The Morgan fingerprint density at radius 1 is 1.47 bits per heavy atom. The van der Waals surface area contributed by atoms with Gasteiger partial charge in [0.25, 0.3) is 5.91 Å². The van der Waals surface area contributed by atoms with Gasteiger partial charge in [-0.3, -0.25) is 4.79 Å². The first-order valence-corrected chi connectivity index (χ1v) is 6.30. The number of alkyl halides is 1. The number of nitrogens with one attached hydrogen (secondary N) is 1. The Bertz CT molecular complexity index is 425. The van der Waals surface area contributed by atoms with Crippen LogP contribution in [0.5, 0.6) is 11.5 Å². The van der Waals surface area contributed by atoms with Crippen molar-refractivity contribution in [3.05, 3.63) is 23.8 Å². The molecule has 1 aromatic carbocycles. The Morgan fingerprint density at radius 2 is 2.21 bits per heavy atom. The Hall–Kier alpha value is -1.46. The predicted molar refractivity (Wildman–Crippen MR) is 73.1 cm³/mol. The monoisotopic (exact) mass is 287 g/mol. The average molecular weight is 288 g/mol. The summed E-state index contributed by atoms with van der Waals surface area (Å²) in [6.45, 7) is 0.854. The molecule has 6 heteroatoms. The highest BCUT2D eigenvalue weighted by Crippen LogP contribution is 2.23. The summed E-state index contributed by atoms with van der Waals surface area (Å²) in [4.78, 5) is 11.8. The number of amides is 1. The topological polar surface area (TPSA) is 67.8 Å². The first-order chi connectivity index (χ1) is 9.08. The molecule has 0 aliphatic rings. The fraction of sp³-hybridized carbons (Fsp3) is 0.462. The molecule has 1 rings (SSSR count). The van der Waals surface area contributed by atoms with Crippen LogP contribution < -0.4 is 10.1 Å². The largest absolute Gasteiger partial charge is 0.507 e. The van der Waals surface area contributed by atoms with Crippen molar-refractivity contribution >= 4 is 17.5 Å². The number of halogens is 1. The van der Waals surface area contributed by atoms with Crippen molar-refractivity contribution in [1.82, 2.24) is 5.32 Å². The van der Waals surface area contributed by atoms with Crippen LogP contribution >= 0.6 is 11.6 Å². The van der Waals surface area contributed by atoms with Gasteiger partial charge in [0.05, 0.1) is 24.7 Å². The van der Waals surface area contributed by atoms with E-state index in [4.69, 9.17) is 21.1 Å². The van der Waals surface area contributed by atoms with Crippen LogP contribution in [0.25, 0.3) is 0 Å². The lowest BCUT2D eigenvalue weighted by Crippen LogP contribution is -2.27. The Labute approximate surface area is 117 Å². The summed E-state index contributed by atoms with van der Waals surface area (Å²) in [6.07, 6.45) is 0.595. The molecular weight excluding hydrogens is 270 g/mol. The summed E-state index contributed by atoms with van der Waals surface area (Å²) in [5, 5.41) is 12.2. The van der Waals surface area contributed by atoms with Crippen molar-refractivity contribution in [2.75, 3.05) is 27.4 Å². The van der Waals surface area contributed by atoms with E-state index in [-0.39, 0.29) is 22.6 Å². The first-order valence-electron chi connectivity index (χ1n) is 5.86. The zero-order valence-corrected chi connectivity index (χ0v) is 11.7. The third-order valence-corrected chi connectivity index (χ3v) is 2.88. The number of phenols is 1. The third-order valence-electron chi connectivity index (χ3n) is 2.54. The number of hydrogen-bond acceptors (Lipinski definition) is 4. The summed E-state index contributed by atoms with van der Waals surface area (Å²) >= 11 is 5.94. The minimum absolute atomic E-state index is 0.115. The SMILES string of the molecule is COCC(Cl)CCNC(=O)c1ccc(OC)cc1O. The van der Waals surface area contributed by atoms with Gasteiger partial charge in [-0.1, -0.05) is 0 Å². The Kier molecular flexibility index (Phi) is 6.45. The fourth-order valence-electron chi connectivity index (χ4n) is 1.53. The second-order valence-corrected chi connectivity index (χ2v) is 4.60. The molecule has 1 unspecified atom stereocenters. The number of benzene rings is 1. The van der Waals surface area contributed by atoms with Crippen LogP contribution in [0.2, 0.25) is 0 Å². The standard InChI is InChI=1S/C13H18ClNO4/c1-18-8-9(14)5-6-15-13(17)11-4-3-10(19-2)7-12(11)16/h3-4,7,9,16H,5-6,8H2,1-2H3,(H,15,17). The van der Waals surface area contributed by atoms with Gasteiger partial charge in [-0.25, -0.2) is 0 Å². The maximum absolute atomic E-state index is 11.8. The van der Waals surface area contributed by atoms with E-state index in [2.05, 4.69) is 5.32 Å². The molecule has 0 bridgehead atoms. The highest BCUT2D eigenvalue weighted by atomic mass is 35.5. The van der Waals surface area contributed by atoms with Gasteiger partial charge in [0.15, 0.2) is 0 Å². The third kappa shape index (κ3) is 4.96. The van der Waals surface area contributed by atoms with Crippen molar-refractivity contribution in [2.45, 2.75) is 11.8 Å². The van der Waals surface area contributed by atoms with E-state index in [0.29, 0.717) is 25.3 Å². The molecule has 1 atom stereocenters. The van der Waals surface area contributed by atoms with E-state index in [9.17, 15) is 9.90 Å². The van der Waals surface area contributed by atoms with Gasteiger partial charge in [0, 0.05) is 19.7 Å². The van der Waals surface area contributed by atoms with Crippen molar-refractivity contribution in [1.29, 1.82) is 0 Å². The summed E-state index contributed by atoms with van der Waals surface area (Å²) in [5.74, 6) is 0.0348. The smallest absolute Gasteiger partial charge is 0.255 e. The van der Waals surface area contributed by atoms with Gasteiger partial charge in [-0.05, 0) is 18.6 Å². The molecule has 0 aliphatic heterocycles. The molecule has 106 valence electrons. The lowest BCUT2D eigenvalue weighted by atomic mass is 10.1. The average Bonchev–Trinajstić information content (AvgIpc) is 2.38. The van der Waals surface area contributed by atoms with Gasteiger partial charge in [-0.2, -0.15) is 0 Å². The normalized spacial score (nSPS) is 11.9. The highest BCUT2D eigenvalue weighted by Gasteiger charge is 2.12. The van der Waals surface area contributed by atoms with Crippen LogP contribution in [-0.2, 0) is 4.74 Å². The van der Waals surface area contributed by atoms with E-state index in [1.165, 1.54) is 19.2 Å². The maximum Gasteiger partial charge on any atom is 0.255 e. The minimum Gasteiger partial charge on any atom is -0.507 e. The van der Waals surface area contributed by atoms with Crippen molar-refractivity contribution in [3.8, 4) is 11.5 Å². The van der Waals surface area contributed by atoms with Gasteiger partial charge < -0.3 is 19.9 Å². The zero-order valence-electron chi connectivity index (χ0n) is 11.0. The lowest BCUT2D eigenvalue weighted by Gasteiger charge is -2.10. The van der Waals surface area contributed by atoms with E-state index >= 15 is 0 Å². The van der Waals surface area contributed by atoms with Gasteiger partial charge in [0.1, 0.15) is 11.5 Å². The molecule has 5 nitrogen and oxygen atoms in total. The highest BCUT2D eigenvalue weighted by molar-refractivity contribution is 6.20. The first kappa shape index (κ1) is 15.6. The molecule has 0 saturated carbocycles. The van der Waals surface area contributed by atoms with Crippen molar-refractivity contribution in [2.24, 2.45) is 0 Å². The molecule has 1 amide bonds. The molecule has 0 aliphatic carbocycles. The summed E-state index contributed by atoms with van der Waals surface area (Å²) < 4.78 is 9.84. The fourth-order valence-corrected chi connectivity index (χ4v) is 1.77. The van der Waals surface area contributed by atoms with Crippen LogP contribution in [0.4, 0.5) is 0 Å². The van der Waals surface area contributed by atoms with Gasteiger partial charge in [0.2, 0.25) is 0 Å². The number of hydrogen-bond donors (Lipinski definition) is 2. The molecule has 0 spiro atoms. The van der Waals surface area contributed by atoms with E-state index in [1.54, 1.807) is 13.2 Å². The number of ether oxygens (including phenoxy) is 2. The summed E-state index contributed by atoms with van der Waals surface area (Å²) in [6, 6.07) is 4.52. The molecule has 2 N–H and O–H groups in total. The van der Waals surface area contributed by atoms with Crippen molar-refractivity contribution < 1.29 is 19.4 Å². The number of rotatable bonds is 7. The minimum atomic E-state index is -0.346. The second-order valence-electron chi connectivity index (χ2n) is 3.98. The van der Waals surface area contributed by atoms with Crippen LogP contribution in [0.1, 0.15) is 16.8 Å².